The topological polar surface area (TPSA) is 369 Å². The standard InChI is InChI=1S/C3H7N.6ClH.12H2O.6O.6Sb/c1-3(2)4;;;;;;;;;;;;;;;;;;;;;;;;;;;;;;/h4H,1-2H3;6*1H;12*1H2;;;;;;;;;;;;/q;;;;;;;;;;;;;;;;;;;;;;;;;6*+3/p-18. The van der Waals surface area contributed by atoms with E-state index >= 15 is 0 Å². The van der Waals surface area contributed by atoms with Crippen molar-refractivity contribution >= 4 is 170 Å². The van der Waals surface area contributed by atoms with Gasteiger partial charge in [0.05, 0.1) is 0 Å². The van der Waals surface area contributed by atoms with Gasteiger partial charge in [-0.2, -0.15) is 0 Å². The molecule has 0 rings (SSSR count). The minimum absolute atomic E-state index is 0.667. The summed E-state index contributed by atoms with van der Waals surface area (Å²) in [4.78, 5) is 0. The van der Waals surface area contributed by atoms with Crippen LogP contribution in [0.3, 0.4) is 0 Å². The molecule has 0 saturated heterocycles. The van der Waals surface area contributed by atoms with E-state index in [4.69, 9.17) is 46.0 Å². The van der Waals surface area contributed by atoms with Crippen LogP contribution in [0.5, 0.6) is 0 Å². The first kappa shape index (κ1) is 54.7. The molecule has 0 spiro atoms. The summed E-state index contributed by atoms with van der Waals surface area (Å²) in [5, 5.41) is 6.50. The summed E-state index contributed by atoms with van der Waals surface area (Å²) < 4.78 is 145. The molecule has 0 aromatic carbocycles. The Morgan fingerprint density at radius 2 is 0.412 bits per heavy atom. The van der Waals surface area contributed by atoms with E-state index in [2.05, 4.69) is 53.0 Å². The summed E-state index contributed by atoms with van der Waals surface area (Å²) in [6.45, 7) is 3.50. The number of nitrogens with one attached hydrogen (secondary N) is 1. The van der Waals surface area contributed by atoms with Gasteiger partial charge >= 0.3 is 223 Å². The van der Waals surface area contributed by atoms with E-state index in [-0.39, 0.29) is 0 Å². The van der Waals surface area contributed by atoms with E-state index in [9.17, 15) is 18.1 Å². The quantitative estimate of drug-likeness (QED) is 0.0803. The van der Waals surface area contributed by atoms with Crippen LogP contribution in [0.15, 0.2) is 0 Å². The first-order valence-electron chi connectivity index (χ1n) is 5.76. The zero-order valence-electron chi connectivity index (χ0n) is 15.8. The molecule has 0 aliphatic heterocycles. The van der Waals surface area contributed by atoms with Crippen LogP contribution < -0.4 is 0 Å². The van der Waals surface area contributed by atoms with E-state index in [1.807, 2.05) is 0 Å². The third kappa shape index (κ3) is 2160. The fourth-order valence-electron chi connectivity index (χ4n) is 0. The van der Waals surface area contributed by atoms with Crippen LogP contribution in [0.2, 0.25) is 0 Å². The molecule has 0 unspecified atom stereocenters. The molecule has 19 nitrogen and oxygen atoms in total. The average Bonchev–Trinajstić information content (AvgIpc) is 2.08. The number of halogens is 6. The van der Waals surface area contributed by atoms with E-state index < -0.39 is 111 Å². The third-order valence-electron chi connectivity index (χ3n) is 0. The molecule has 31 heteroatoms. The molecule has 0 fully saturated rings. The van der Waals surface area contributed by atoms with Crippen molar-refractivity contribution in [2.45, 2.75) is 13.8 Å². The Hall–Kier alpha value is 4.64. The van der Waals surface area contributed by atoms with Gasteiger partial charge in [-0.3, -0.25) is 0 Å². The van der Waals surface area contributed by atoms with Crippen molar-refractivity contribution in [3.63, 3.8) is 0 Å². The molecule has 0 aliphatic carbocycles. The fourth-order valence-corrected chi connectivity index (χ4v) is 0. The second-order valence-corrected chi connectivity index (χ2v) is 37.8. The van der Waals surface area contributed by atoms with Gasteiger partial charge in [0.15, 0.2) is 0 Å². The maximum absolute atomic E-state index is 9.18. The van der Waals surface area contributed by atoms with Crippen molar-refractivity contribution in [3.05, 3.63) is 0 Å². The summed E-state index contributed by atoms with van der Waals surface area (Å²) in [5.74, 6) is 0. The van der Waals surface area contributed by atoms with Gasteiger partial charge in [0, 0.05) is 5.71 Å². The van der Waals surface area contributed by atoms with Crippen molar-refractivity contribution in [1.82, 2.24) is 0 Å². The third-order valence-corrected chi connectivity index (χ3v) is 0. The predicted molar refractivity (Wildman–Crippen MR) is 119 cm³/mol. The Morgan fingerprint density at radius 1 is 0.412 bits per heavy atom. The fraction of sp³-hybridized carbons (Fsp3) is 0.667. The Balaban J connectivity index is -0.0000000501. The van der Waals surface area contributed by atoms with E-state index in [1.165, 1.54) is 0 Å². The summed E-state index contributed by atoms with van der Waals surface area (Å²) in [5.41, 5.74) is 0.667. The number of rotatable bonds is 0. The van der Waals surface area contributed by atoms with Gasteiger partial charge in [0.25, 0.3) is 0 Å². The molecule has 0 aromatic heterocycles. The van der Waals surface area contributed by atoms with Gasteiger partial charge in [-0.1, -0.05) is 0 Å². The molecule has 0 aromatic rings. The predicted octanol–water partition coefficient (Wildman–Crippen LogP) is -4.50. The van der Waals surface area contributed by atoms with Crippen LogP contribution in [0.1, 0.15) is 13.8 Å². The van der Waals surface area contributed by atoms with Crippen molar-refractivity contribution in [2.75, 3.05) is 0 Å². The van der Waals surface area contributed by atoms with E-state index in [1.54, 1.807) is 13.8 Å². The second kappa shape index (κ2) is 26.5. The molecule has 34 heavy (non-hydrogen) atoms. The monoisotopic (exact) mass is 1290 g/mol. The average molecular weight is 1300 g/mol. The van der Waals surface area contributed by atoms with Crippen LogP contribution in [-0.4, -0.2) is 157 Å². The van der Waals surface area contributed by atoms with Crippen molar-refractivity contribution < 1.29 is 58.7 Å². The molecule has 0 aliphatic rings. The Kier molecular flexibility index (Phi) is 42.7. The van der Waals surface area contributed by atoms with Gasteiger partial charge in [-0.05, 0) is 13.8 Å². The molecule has 13 N–H and O–H groups in total. The van der Waals surface area contributed by atoms with E-state index in [0.717, 1.165) is 0 Å². The number of hydrogen-bond donors (Lipinski definition) is 13. The Bertz CT molecular complexity index is 575. The Morgan fingerprint density at radius 3 is 0.412 bits per heavy atom. The normalized spacial score (nSPS) is 11.2. The minimum atomic E-state index is -4.88. The van der Waals surface area contributed by atoms with Gasteiger partial charge in [0.2, 0.25) is 0 Å². The van der Waals surface area contributed by atoms with Crippen LogP contribution in [-0.2, 0) is 18.1 Å². The van der Waals surface area contributed by atoms with Gasteiger partial charge < -0.3 is 5.41 Å². The zero-order valence-corrected chi connectivity index (χ0v) is 35.6. The van der Waals surface area contributed by atoms with E-state index in [0.29, 0.717) is 5.71 Å². The Labute approximate surface area is 242 Å². The molecule has 0 bridgehead atoms. The summed E-state index contributed by atoms with van der Waals surface area (Å²) in [6, 6.07) is 0. The molecule has 0 heterocycles. The molecule has 0 atom stereocenters. The van der Waals surface area contributed by atoms with Crippen LogP contribution >= 0.6 is 53.0 Å². The molecular weight excluding hydrogens is 1280 g/mol. The SMILES string of the molecule is CC(C)=N.[O]=[Sb]([OH])([OH])[Cl].[O]=[Sb]([OH])([OH])[Cl].[O]=[Sb]([OH])([OH])[Cl].[O]=[Sb]([OH])([OH])[Cl].[O]=[Sb]([OH])([OH])[Cl].[O]=[Sb]([OH])([OH])[Cl]. The zero-order chi connectivity index (χ0) is 30.6. The van der Waals surface area contributed by atoms with Crippen LogP contribution in [0.25, 0.3) is 0 Å². The maximum atomic E-state index is 9.18. The first-order valence-corrected chi connectivity index (χ1v) is 45.1. The van der Waals surface area contributed by atoms with Crippen molar-refractivity contribution in [2.24, 2.45) is 0 Å². The summed E-state index contributed by atoms with van der Waals surface area (Å²) in [6.07, 6.45) is 0. The van der Waals surface area contributed by atoms with Crippen LogP contribution in [0, 0.1) is 5.41 Å². The molecule has 0 saturated carbocycles. The van der Waals surface area contributed by atoms with Crippen molar-refractivity contribution in [1.29, 1.82) is 5.41 Å². The van der Waals surface area contributed by atoms with Crippen LogP contribution in [0.4, 0.5) is 0 Å². The van der Waals surface area contributed by atoms with Gasteiger partial charge in [-0.25, -0.2) is 0 Å². The number of hydrogen-bond acceptors (Lipinski definition) is 7. The van der Waals surface area contributed by atoms with Gasteiger partial charge in [0.1, 0.15) is 0 Å². The van der Waals surface area contributed by atoms with Gasteiger partial charge in [-0.15, -0.1) is 0 Å². The first-order chi connectivity index (χ1) is 13.7. The summed E-state index contributed by atoms with van der Waals surface area (Å²) in [7, 11) is 25.7. The molecule has 0 radical (unpaired) electrons. The second-order valence-electron chi connectivity index (χ2n) is 3.84. The molecule has 0 amide bonds. The molecular formula is C3H19Cl6NO18Sb6. The van der Waals surface area contributed by atoms with Crippen molar-refractivity contribution in [3.8, 4) is 0 Å². The molecule has 216 valence electrons. The summed E-state index contributed by atoms with van der Waals surface area (Å²) >= 11 is -29.3.